The van der Waals surface area contributed by atoms with Gasteiger partial charge in [-0.2, -0.15) is 0 Å². The van der Waals surface area contributed by atoms with Crippen LogP contribution in [0.1, 0.15) is 17.5 Å². The number of aliphatic hydroxyl groups is 2. The molecular weight excluding hydrogens is 355 g/mol. The number of phenols is 3. The molecule has 0 unspecified atom stereocenters. The van der Waals surface area contributed by atoms with E-state index >= 15 is 0 Å². The van der Waals surface area contributed by atoms with Crippen molar-refractivity contribution >= 4 is 7.82 Å². The highest BCUT2D eigenvalue weighted by Gasteiger charge is 2.35. The van der Waals surface area contributed by atoms with E-state index in [0.717, 1.165) is 12.1 Å². The van der Waals surface area contributed by atoms with E-state index in [-0.39, 0.29) is 12.2 Å². The van der Waals surface area contributed by atoms with E-state index in [4.69, 9.17) is 9.79 Å². The van der Waals surface area contributed by atoms with Crippen molar-refractivity contribution in [1.29, 1.82) is 0 Å². The second-order valence-corrected chi connectivity index (χ2v) is 6.57. The largest absolute Gasteiger partial charge is 0.524 e. The van der Waals surface area contributed by atoms with Crippen LogP contribution in [0.4, 0.5) is 0 Å². The van der Waals surface area contributed by atoms with Gasteiger partial charge in [0, 0.05) is 18.6 Å². The molecule has 0 aliphatic carbocycles. The van der Waals surface area contributed by atoms with Crippen LogP contribution in [0.5, 0.6) is 23.0 Å². The van der Waals surface area contributed by atoms with E-state index in [1.807, 2.05) is 0 Å². The first-order valence-corrected chi connectivity index (χ1v) is 8.55. The van der Waals surface area contributed by atoms with Crippen molar-refractivity contribution in [3.05, 3.63) is 47.5 Å². The van der Waals surface area contributed by atoms with Crippen LogP contribution in [-0.2, 0) is 16.8 Å². The molecule has 7 N–H and O–H groups in total. The SMILES string of the molecule is O=P(O)(O)Oc1cc(O)cc(O)c1C(O)(O)CCc1cccc(O)c1. The zero-order valence-electron chi connectivity index (χ0n) is 12.8. The molecular formula is C15H17O9P. The lowest BCUT2D eigenvalue weighted by atomic mass is 9.96. The van der Waals surface area contributed by atoms with Crippen LogP contribution in [-0.4, -0.2) is 35.3 Å². The maximum atomic E-state index is 11.0. The Kier molecular flexibility index (Phi) is 5.26. The average molecular weight is 372 g/mol. The molecule has 10 heteroatoms. The Bertz CT molecular complexity index is 813. The van der Waals surface area contributed by atoms with Gasteiger partial charge >= 0.3 is 7.82 Å². The van der Waals surface area contributed by atoms with Crippen molar-refractivity contribution in [3.63, 3.8) is 0 Å². The number of rotatable bonds is 6. The standard InChI is InChI=1S/C15H17O9P/c16-10-3-1-2-9(6-10)4-5-15(19,20)14-12(18)7-11(17)8-13(14)24-25(21,22)23/h1-3,6-8,16-20H,4-5H2,(H2,21,22,23). The fourth-order valence-electron chi connectivity index (χ4n) is 2.34. The van der Waals surface area contributed by atoms with Gasteiger partial charge in [-0.05, 0) is 24.1 Å². The molecule has 0 heterocycles. The summed E-state index contributed by atoms with van der Waals surface area (Å²) in [5.41, 5.74) is -0.142. The minimum absolute atomic E-state index is 0.0167. The summed E-state index contributed by atoms with van der Waals surface area (Å²) in [4.78, 5) is 17.8. The fraction of sp³-hybridized carbons (Fsp3) is 0.200. The van der Waals surface area contributed by atoms with Gasteiger partial charge in [0.25, 0.3) is 0 Å². The van der Waals surface area contributed by atoms with Crippen LogP contribution >= 0.6 is 7.82 Å². The zero-order chi connectivity index (χ0) is 18.8. The van der Waals surface area contributed by atoms with E-state index in [1.165, 1.54) is 12.1 Å². The maximum absolute atomic E-state index is 11.0. The van der Waals surface area contributed by atoms with Crippen LogP contribution in [0.2, 0.25) is 0 Å². The van der Waals surface area contributed by atoms with Gasteiger partial charge in [-0.1, -0.05) is 12.1 Å². The molecule has 0 aliphatic rings. The number of aryl methyl sites for hydroxylation is 1. The van der Waals surface area contributed by atoms with Gasteiger partial charge in [-0.3, -0.25) is 9.79 Å². The molecule has 0 amide bonds. The maximum Gasteiger partial charge on any atom is 0.524 e. The fourth-order valence-corrected chi connectivity index (χ4v) is 2.74. The summed E-state index contributed by atoms with van der Waals surface area (Å²) >= 11 is 0. The van der Waals surface area contributed by atoms with E-state index in [9.17, 15) is 30.1 Å². The number of benzene rings is 2. The Morgan fingerprint density at radius 2 is 1.68 bits per heavy atom. The first-order chi connectivity index (χ1) is 11.5. The Hall–Kier alpha value is -2.29. The highest BCUT2D eigenvalue weighted by atomic mass is 31.2. The lowest BCUT2D eigenvalue weighted by Gasteiger charge is -2.25. The second kappa shape index (κ2) is 6.91. The lowest BCUT2D eigenvalue weighted by molar-refractivity contribution is -0.175. The van der Waals surface area contributed by atoms with E-state index in [1.54, 1.807) is 12.1 Å². The predicted octanol–water partition coefficient (Wildman–Crippen LogP) is 1.05. The third-order valence-corrected chi connectivity index (χ3v) is 3.79. The Balaban J connectivity index is 2.35. The third-order valence-electron chi connectivity index (χ3n) is 3.36. The summed E-state index contributed by atoms with van der Waals surface area (Å²) in [6.07, 6.45) is -0.344. The summed E-state index contributed by atoms with van der Waals surface area (Å²) < 4.78 is 15.4. The van der Waals surface area contributed by atoms with E-state index in [2.05, 4.69) is 4.52 Å². The molecule has 9 nitrogen and oxygen atoms in total. The smallest absolute Gasteiger partial charge is 0.508 e. The summed E-state index contributed by atoms with van der Waals surface area (Å²) in [7, 11) is -5.08. The van der Waals surface area contributed by atoms with E-state index < -0.39 is 42.8 Å². The van der Waals surface area contributed by atoms with Gasteiger partial charge < -0.3 is 30.1 Å². The van der Waals surface area contributed by atoms with Gasteiger partial charge in [0.05, 0.1) is 5.56 Å². The van der Waals surface area contributed by atoms with Gasteiger partial charge in [-0.15, -0.1) is 0 Å². The molecule has 0 bridgehead atoms. The molecule has 0 saturated heterocycles. The van der Waals surface area contributed by atoms with Gasteiger partial charge in [0.15, 0.2) is 5.79 Å². The molecule has 0 fully saturated rings. The van der Waals surface area contributed by atoms with Crippen LogP contribution in [0, 0.1) is 0 Å². The molecule has 2 aromatic carbocycles. The van der Waals surface area contributed by atoms with Gasteiger partial charge in [0.1, 0.15) is 23.0 Å². The summed E-state index contributed by atoms with van der Waals surface area (Å²) in [6.45, 7) is 0. The molecule has 0 aliphatic heterocycles. The molecule has 0 saturated carbocycles. The number of hydrogen-bond donors (Lipinski definition) is 7. The first kappa shape index (κ1) is 19.0. The van der Waals surface area contributed by atoms with Crippen molar-refractivity contribution < 1.29 is 44.4 Å². The zero-order valence-corrected chi connectivity index (χ0v) is 13.7. The van der Waals surface area contributed by atoms with Crippen LogP contribution in [0.25, 0.3) is 0 Å². The molecule has 0 atom stereocenters. The number of phenolic OH excluding ortho intramolecular Hbond substituents is 3. The summed E-state index contributed by atoms with van der Waals surface area (Å²) in [5, 5.41) is 49.3. The van der Waals surface area contributed by atoms with Crippen molar-refractivity contribution in [2.75, 3.05) is 0 Å². The molecule has 0 radical (unpaired) electrons. The van der Waals surface area contributed by atoms with Crippen molar-refractivity contribution in [1.82, 2.24) is 0 Å². The van der Waals surface area contributed by atoms with Crippen molar-refractivity contribution in [2.45, 2.75) is 18.6 Å². The number of hydrogen-bond acceptors (Lipinski definition) is 7. The summed E-state index contributed by atoms with van der Waals surface area (Å²) in [5.74, 6) is -4.92. The predicted molar refractivity (Wildman–Crippen MR) is 85.0 cm³/mol. The van der Waals surface area contributed by atoms with Crippen molar-refractivity contribution in [2.24, 2.45) is 0 Å². The monoisotopic (exact) mass is 372 g/mol. The second-order valence-electron chi connectivity index (χ2n) is 5.41. The Morgan fingerprint density at radius 3 is 2.28 bits per heavy atom. The normalized spacial score (nSPS) is 12.2. The molecule has 2 aromatic rings. The molecule has 0 aromatic heterocycles. The van der Waals surface area contributed by atoms with Crippen molar-refractivity contribution in [3.8, 4) is 23.0 Å². The third kappa shape index (κ3) is 5.09. The molecule has 0 spiro atoms. The van der Waals surface area contributed by atoms with Gasteiger partial charge in [0.2, 0.25) is 0 Å². The van der Waals surface area contributed by atoms with Crippen LogP contribution in [0.15, 0.2) is 36.4 Å². The van der Waals surface area contributed by atoms with E-state index in [0.29, 0.717) is 5.56 Å². The lowest BCUT2D eigenvalue weighted by Crippen LogP contribution is -2.26. The number of phosphoric ester groups is 1. The Labute approximate surface area is 142 Å². The minimum Gasteiger partial charge on any atom is -0.508 e. The van der Waals surface area contributed by atoms with Gasteiger partial charge in [-0.25, -0.2) is 4.57 Å². The first-order valence-electron chi connectivity index (χ1n) is 7.02. The number of aromatic hydroxyl groups is 3. The quantitative estimate of drug-likeness (QED) is 0.289. The number of phosphoric acid groups is 1. The average Bonchev–Trinajstić information content (AvgIpc) is 2.42. The van der Waals surface area contributed by atoms with Crippen LogP contribution in [0.3, 0.4) is 0 Å². The molecule has 136 valence electrons. The molecule has 25 heavy (non-hydrogen) atoms. The topological polar surface area (TPSA) is 168 Å². The Morgan fingerprint density at radius 1 is 1.00 bits per heavy atom. The molecule has 2 rings (SSSR count). The minimum atomic E-state index is -5.08. The summed E-state index contributed by atoms with van der Waals surface area (Å²) in [6, 6.07) is 7.54. The van der Waals surface area contributed by atoms with Crippen LogP contribution < -0.4 is 4.52 Å². The highest BCUT2D eigenvalue weighted by molar-refractivity contribution is 7.46. The highest BCUT2D eigenvalue weighted by Crippen LogP contribution is 2.47.